The largest absolute Gasteiger partial charge is 0.449 e. The minimum Gasteiger partial charge on any atom is -0.449 e. The van der Waals surface area contributed by atoms with Gasteiger partial charge in [-0.3, -0.25) is 0 Å². The van der Waals surface area contributed by atoms with E-state index in [2.05, 4.69) is 10.1 Å². The zero-order chi connectivity index (χ0) is 20.6. The summed E-state index contributed by atoms with van der Waals surface area (Å²) >= 11 is 4.97. The van der Waals surface area contributed by atoms with Gasteiger partial charge < -0.3 is 24.3 Å². The molecule has 0 spiro atoms. The number of carbonyl (C=O) groups is 2. The van der Waals surface area contributed by atoms with Gasteiger partial charge in [0.15, 0.2) is 6.29 Å². The molecule has 0 saturated carbocycles. The Bertz CT molecular complexity index is 680. The van der Waals surface area contributed by atoms with Crippen molar-refractivity contribution >= 4 is 23.1 Å². The van der Waals surface area contributed by atoms with Crippen molar-refractivity contribution in [3.05, 3.63) is 71.8 Å². The maximum Gasteiger partial charge on any atom is 0.407 e. The van der Waals surface area contributed by atoms with Crippen LogP contribution in [-0.2, 0) is 32.2 Å². The second-order valence-corrected chi connectivity index (χ2v) is 5.66. The topological polar surface area (TPSA) is 83.1 Å². The Labute approximate surface area is 169 Å². The molecule has 0 radical (unpaired) electrons. The van der Waals surface area contributed by atoms with Gasteiger partial charge in [-0.2, -0.15) is 0 Å². The molecule has 1 amide bonds. The lowest BCUT2D eigenvalue weighted by Crippen LogP contribution is -2.34. The van der Waals surface area contributed by atoms with E-state index in [1.54, 1.807) is 0 Å². The standard InChI is InChI=1S/C12H17NO4.C8H7ClO2/c1-15-11(16-2)8-13-12(14)17-9-10-6-4-3-5-7-10;9-8(10)11-6-7-4-2-1-3-5-7/h3-7,11H,8-9H2,1-2H3,(H,13,14);1-5H,6H2. The predicted octanol–water partition coefficient (Wildman–Crippen LogP) is 4.09. The fraction of sp³-hybridized carbons (Fsp3) is 0.300. The van der Waals surface area contributed by atoms with E-state index in [9.17, 15) is 9.59 Å². The number of rotatable bonds is 8. The fourth-order valence-electron chi connectivity index (χ4n) is 1.92. The molecule has 0 saturated heterocycles. The molecule has 2 rings (SSSR count). The van der Waals surface area contributed by atoms with E-state index in [-0.39, 0.29) is 19.8 Å². The van der Waals surface area contributed by atoms with Crippen molar-refractivity contribution in [3.8, 4) is 0 Å². The zero-order valence-corrected chi connectivity index (χ0v) is 16.6. The van der Waals surface area contributed by atoms with Gasteiger partial charge in [0.25, 0.3) is 0 Å². The smallest absolute Gasteiger partial charge is 0.407 e. The number of nitrogens with one attached hydrogen (secondary N) is 1. The van der Waals surface area contributed by atoms with Crippen LogP contribution in [0.25, 0.3) is 0 Å². The van der Waals surface area contributed by atoms with Crippen LogP contribution in [0.3, 0.4) is 0 Å². The van der Waals surface area contributed by atoms with Crippen LogP contribution in [0, 0.1) is 0 Å². The molecule has 7 nitrogen and oxygen atoms in total. The highest BCUT2D eigenvalue weighted by molar-refractivity contribution is 6.61. The summed E-state index contributed by atoms with van der Waals surface area (Å²) in [5.74, 6) is 0. The van der Waals surface area contributed by atoms with E-state index in [0.29, 0.717) is 0 Å². The minimum atomic E-state index is -0.770. The Morgan fingerprint density at radius 1 is 0.857 bits per heavy atom. The molecular weight excluding hydrogens is 386 g/mol. The van der Waals surface area contributed by atoms with E-state index in [0.717, 1.165) is 11.1 Å². The SMILES string of the molecule is COC(CNC(=O)OCc1ccccc1)OC.O=C(Cl)OCc1ccccc1. The fourth-order valence-corrected chi connectivity index (χ4v) is 1.97. The number of methoxy groups -OCH3 is 2. The highest BCUT2D eigenvalue weighted by Gasteiger charge is 2.08. The number of hydrogen-bond acceptors (Lipinski definition) is 6. The van der Waals surface area contributed by atoms with E-state index in [1.165, 1.54) is 14.2 Å². The number of benzene rings is 2. The lowest BCUT2D eigenvalue weighted by atomic mass is 10.2. The second kappa shape index (κ2) is 14.4. The molecule has 0 aliphatic heterocycles. The molecule has 0 bridgehead atoms. The number of carbonyl (C=O) groups excluding carboxylic acids is 2. The third-order valence-corrected chi connectivity index (χ3v) is 3.46. The van der Waals surface area contributed by atoms with Gasteiger partial charge in [0.2, 0.25) is 0 Å². The molecule has 0 aliphatic rings. The lowest BCUT2D eigenvalue weighted by Gasteiger charge is -2.13. The zero-order valence-electron chi connectivity index (χ0n) is 15.8. The summed E-state index contributed by atoms with van der Waals surface area (Å²) in [4.78, 5) is 21.5. The molecule has 8 heteroatoms. The maximum atomic E-state index is 11.3. The molecule has 1 N–H and O–H groups in total. The van der Waals surface area contributed by atoms with E-state index < -0.39 is 17.8 Å². The molecule has 0 atom stereocenters. The lowest BCUT2D eigenvalue weighted by molar-refractivity contribution is -0.0980. The highest BCUT2D eigenvalue weighted by atomic mass is 35.5. The minimum absolute atomic E-state index is 0.239. The summed E-state index contributed by atoms with van der Waals surface area (Å²) in [7, 11) is 3.01. The molecule has 2 aromatic carbocycles. The average Bonchev–Trinajstić information content (AvgIpc) is 2.73. The van der Waals surface area contributed by atoms with Crippen LogP contribution in [0.5, 0.6) is 0 Å². The van der Waals surface area contributed by atoms with E-state index in [1.807, 2.05) is 60.7 Å². The summed E-state index contributed by atoms with van der Waals surface area (Å²) in [5, 5.41) is 2.54. The van der Waals surface area contributed by atoms with Gasteiger partial charge in [0.05, 0.1) is 6.54 Å². The van der Waals surface area contributed by atoms with Crippen molar-refractivity contribution in [1.29, 1.82) is 0 Å². The van der Waals surface area contributed by atoms with Crippen molar-refractivity contribution in [2.75, 3.05) is 20.8 Å². The molecule has 0 aliphatic carbocycles. The number of halogens is 1. The van der Waals surface area contributed by atoms with Crippen LogP contribution < -0.4 is 5.32 Å². The van der Waals surface area contributed by atoms with Crippen LogP contribution in [0.4, 0.5) is 9.59 Å². The molecular formula is C20H24ClNO6. The third-order valence-electron chi connectivity index (χ3n) is 3.35. The Hall–Kier alpha value is -2.61. The Kier molecular flexibility index (Phi) is 12.1. The van der Waals surface area contributed by atoms with Crippen molar-refractivity contribution < 1.29 is 28.5 Å². The summed E-state index contributed by atoms with van der Waals surface area (Å²) in [6, 6.07) is 18.8. The first kappa shape index (κ1) is 23.4. The highest BCUT2D eigenvalue weighted by Crippen LogP contribution is 2.02. The summed E-state index contributed by atoms with van der Waals surface area (Å²) in [5.41, 5.74) is 1.10. The van der Waals surface area contributed by atoms with Crippen LogP contribution in [0.2, 0.25) is 0 Å². The van der Waals surface area contributed by atoms with Gasteiger partial charge in [0.1, 0.15) is 13.2 Å². The molecule has 28 heavy (non-hydrogen) atoms. The van der Waals surface area contributed by atoms with Crippen molar-refractivity contribution in [2.24, 2.45) is 0 Å². The van der Waals surface area contributed by atoms with Gasteiger partial charge in [-0.15, -0.1) is 0 Å². The van der Waals surface area contributed by atoms with Gasteiger partial charge in [0, 0.05) is 25.8 Å². The summed E-state index contributed by atoms with van der Waals surface area (Å²) in [6.07, 6.45) is -0.952. The Balaban J connectivity index is 0.000000307. The quantitative estimate of drug-likeness (QED) is 0.522. The average molecular weight is 410 g/mol. The van der Waals surface area contributed by atoms with E-state index >= 15 is 0 Å². The van der Waals surface area contributed by atoms with Gasteiger partial charge in [-0.25, -0.2) is 9.59 Å². The number of ether oxygens (including phenoxy) is 4. The van der Waals surface area contributed by atoms with Crippen LogP contribution >= 0.6 is 11.6 Å². The number of alkyl carbamates (subject to hydrolysis) is 1. The monoisotopic (exact) mass is 409 g/mol. The molecule has 0 aromatic heterocycles. The summed E-state index contributed by atoms with van der Waals surface area (Å²) < 4.78 is 19.4. The van der Waals surface area contributed by atoms with Crippen molar-refractivity contribution in [3.63, 3.8) is 0 Å². The number of amides is 1. The first-order chi connectivity index (χ1) is 13.5. The van der Waals surface area contributed by atoms with Crippen LogP contribution in [0.15, 0.2) is 60.7 Å². The first-order valence-electron chi connectivity index (χ1n) is 8.41. The molecule has 0 fully saturated rings. The van der Waals surface area contributed by atoms with E-state index in [4.69, 9.17) is 25.8 Å². The molecule has 0 unspecified atom stereocenters. The van der Waals surface area contributed by atoms with Gasteiger partial charge in [-0.1, -0.05) is 60.7 Å². The third kappa shape index (κ3) is 11.2. The normalized spacial score (nSPS) is 9.86. The Morgan fingerprint density at radius 2 is 1.32 bits per heavy atom. The maximum absolute atomic E-state index is 11.3. The van der Waals surface area contributed by atoms with Crippen molar-refractivity contribution in [2.45, 2.75) is 19.5 Å². The van der Waals surface area contributed by atoms with Gasteiger partial charge >= 0.3 is 11.5 Å². The van der Waals surface area contributed by atoms with Crippen molar-refractivity contribution in [1.82, 2.24) is 5.32 Å². The summed E-state index contributed by atoms with van der Waals surface area (Å²) in [6.45, 7) is 0.737. The second-order valence-electron chi connectivity index (χ2n) is 5.36. The Morgan fingerprint density at radius 3 is 1.75 bits per heavy atom. The number of hydrogen-bond donors (Lipinski definition) is 1. The predicted molar refractivity (Wildman–Crippen MR) is 105 cm³/mol. The first-order valence-corrected chi connectivity index (χ1v) is 8.79. The molecule has 2 aromatic rings. The molecule has 0 heterocycles. The van der Waals surface area contributed by atoms with Crippen LogP contribution in [0.1, 0.15) is 11.1 Å². The molecule has 152 valence electrons. The van der Waals surface area contributed by atoms with Gasteiger partial charge in [-0.05, 0) is 11.1 Å². The van der Waals surface area contributed by atoms with Crippen LogP contribution in [-0.4, -0.2) is 38.6 Å².